The van der Waals surface area contributed by atoms with E-state index in [-0.39, 0.29) is 5.54 Å². The van der Waals surface area contributed by atoms with Crippen molar-refractivity contribution >= 4 is 11.8 Å². The second-order valence-electron chi connectivity index (χ2n) is 6.24. The second-order valence-corrected chi connectivity index (χ2v) is 7.34. The average Bonchev–Trinajstić information content (AvgIpc) is 2.37. The molecule has 1 aromatic carbocycles. The lowest BCUT2D eigenvalue weighted by Gasteiger charge is -2.20. The van der Waals surface area contributed by atoms with Crippen molar-refractivity contribution in [2.45, 2.75) is 64.4 Å². The van der Waals surface area contributed by atoms with Crippen molar-refractivity contribution in [3.05, 3.63) is 29.8 Å². The van der Waals surface area contributed by atoms with E-state index in [0.717, 1.165) is 12.5 Å². The molecular formula is C17H29NS. The number of rotatable bonds is 7. The molecule has 0 fully saturated rings. The molecule has 0 aliphatic heterocycles. The van der Waals surface area contributed by atoms with Crippen LogP contribution < -0.4 is 5.32 Å². The highest BCUT2D eigenvalue weighted by molar-refractivity contribution is 7.99. The van der Waals surface area contributed by atoms with E-state index in [0.29, 0.717) is 0 Å². The van der Waals surface area contributed by atoms with Crippen molar-refractivity contribution in [3.63, 3.8) is 0 Å². The van der Waals surface area contributed by atoms with Crippen LogP contribution in [-0.2, 0) is 6.54 Å². The van der Waals surface area contributed by atoms with Gasteiger partial charge in [0.2, 0.25) is 0 Å². The topological polar surface area (TPSA) is 12.0 Å². The Labute approximate surface area is 123 Å². The molecule has 0 aliphatic rings. The SMILES string of the molecule is CCC(CC)CSc1cccc(CNC(C)(C)C)c1. The van der Waals surface area contributed by atoms with Crippen molar-refractivity contribution in [1.82, 2.24) is 5.32 Å². The van der Waals surface area contributed by atoms with Crippen LogP contribution in [0.15, 0.2) is 29.2 Å². The van der Waals surface area contributed by atoms with Gasteiger partial charge in [-0.25, -0.2) is 0 Å². The molecule has 0 amide bonds. The maximum Gasteiger partial charge on any atom is 0.0210 e. The Kier molecular flexibility index (Phi) is 6.95. The van der Waals surface area contributed by atoms with Crippen LogP contribution in [0.1, 0.15) is 53.0 Å². The van der Waals surface area contributed by atoms with Crippen LogP contribution in [0.5, 0.6) is 0 Å². The Bertz CT molecular complexity index is 364. The number of hydrogen-bond donors (Lipinski definition) is 1. The molecule has 1 aromatic rings. The predicted molar refractivity (Wildman–Crippen MR) is 87.8 cm³/mol. The van der Waals surface area contributed by atoms with Gasteiger partial charge in [0.25, 0.3) is 0 Å². The van der Waals surface area contributed by atoms with E-state index < -0.39 is 0 Å². The summed E-state index contributed by atoms with van der Waals surface area (Å²) in [6, 6.07) is 8.94. The van der Waals surface area contributed by atoms with Crippen LogP contribution >= 0.6 is 11.8 Å². The Morgan fingerprint density at radius 1 is 1.16 bits per heavy atom. The van der Waals surface area contributed by atoms with E-state index in [1.54, 1.807) is 0 Å². The Balaban J connectivity index is 2.52. The minimum Gasteiger partial charge on any atom is -0.308 e. The van der Waals surface area contributed by atoms with Gasteiger partial charge in [0, 0.05) is 22.7 Å². The van der Waals surface area contributed by atoms with Gasteiger partial charge in [0.1, 0.15) is 0 Å². The van der Waals surface area contributed by atoms with Gasteiger partial charge < -0.3 is 5.32 Å². The highest BCUT2D eigenvalue weighted by atomic mass is 32.2. The second kappa shape index (κ2) is 7.96. The Morgan fingerprint density at radius 3 is 2.42 bits per heavy atom. The molecule has 1 nitrogen and oxygen atoms in total. The van der Waals surface area contributed by atoms with E-state index in [9.17, 15) is 0 Å². The van der Waals surface area contributed by atoms with Gasteiger partial charge in [-0.3, -0.25) is 0 Å². The van der Waals surface area contributed by atoms with Crippen LogP contribution in [0.3, 0.4) is 0 Å². The zero-order valence-corrected chi connectivity index (χ0v) is 13.9. The minimum absolute atomic E-state index is 0.179. The van der Waals surface area contributed by atoms with E-state index in [1.807, 2.05) is 11.8 Å². The van der Waals surface area contributed by atoms with Crippen LogP contribution in [0.25, 0.3) is 0 Å². The van der Waals surface area contributed by atoms with Crippen LogP contribution in [0.4, 0.5) is 0 Å². The summed E-state index contributed by atoms with van der Waals surface area (Å²) >= 11 is 2.00. The standard InChI is InChI=1S/C17H29NS/c1-6-14(7-2)13-19-16-10-8-9-15(11-16)12-18-17(3,4)5/h8-11,14,18H,6-7,12-13H2,1-5H3. The third-order valence-electron chi connectivity index (χ3n) is 3.36. The summed E-state index contributed by atoms with van der Waals surface area (Å²) in [5.41, 5.74) is 1.56. The number of thioether (sulfide) groups is 1. The molecule has 0 atom stereocenters. The monoisotopic (exact) mass is 279 g/mol. The van der Waals surface area contributed by atoms with Crippen molar-refractivity contribution in [2.75, 3.05) is 5.75 Å². The third-order valence-corrected chi connectivity index (χ3v) is 4.59. The quantitative estimate of drug-likeness (QED) is 0.697. The molecule has 0 bridgehead atoms. The Morgan fingerprint density at radius 2 is 1.84 bits per heavy atom. The van der Waals surface area contributed by atoms with Gasteiger partial charge in [-0.05, 0) is 44.4 Å². The third kappa shape index (κ3) is 7.03. The normalized spacial score (nSPS) is 12.1. The first kappa shape index (κ1) is 16.6. The lowest BCUT2D eigenvalue weighted by Crippen LogP contribution is -2.35. The van der Waals surface area contributed by atoms with E-state index in [4.69, 9.17) is 0 Å². The lowest BCUT2D eigenvalue weighted by molar-refractivity contribution is 0.424. The summed E-state index contributed by atoms with van der Waals surface area (Å²) in [5, 5.41) is 3.54. The fourth-order valence-corrected chi connectivity index (χ4v) is 3.16. The molecule has 0 saturated carbocycles. The molecule has 108 valence electrons. The Hall–Kier alpha value is -0.470. The van der Waals surface area contributed by atoms with Crippen LogP contribution in [0, 0.1) is 5.92 Å². The maximum absolute atomic E-state index is 3.54. The predicted octanol–water partition coefficient (Wildman–Crippen LogP) is 5.10. The van der Waals surface area contributed by atoms with Crippen molar-refractivity contribution < 1.29 is 0 Å². The summed E-state index contributed by atoms with van der Waals surface area (Å²) < 4.78 is 0. The van der Waals surface area contributed by atoms with Gasteiger partial charge in [-0.1, -0.05) is 38.8 Å². The molecule has 0 unspecified atom stereocenters. The first-order valence-corrected chi connectivity index (χ1v) is 8.40. The zero-order chi connectivity index (χ0) is 14.3. The summed E-state index contributed by atoms with van der Waals surface area (Å²) in [4.78, 5) is 1.40. The molecule has 0 spiro atoms. The number of hydrogen-bond acceptors (Lipinski definition) is 2. The summed E-state index contributed by atoms with van der Waals surface area (Å²) in [6.45, 7) is 12.1. The number of benzene rings is 1. The first-order valence-electron chi connectivity index (χ1n) is 7.41. The maximum atomic E-state index is 3.54. The van der Waals surface area contributed by atoms with Crippen molar-refractivity contribution in [1.29, 1.82) is 0 Å². The molecule has 2 heteroatoms. The molecule has 0 aliphatic carbocycles. The molecule has 0 heterocycles. The van der Waals surface area contributed by atoms with Gasteiger partial charge in [-0.15, -0.1) is 11.8 Å². The van der Waals surface area contributed by atoms with Gasteiger partial charge in [0.05, 0.1) is 0 Å². The zero-order valence-electron chi connectivity index (χ0n) is 13.1. The van der Waals surface area contributed by atoms with Crippen molar-refractivity contribution in [2.24, 2.45) is 5.92 Å². The number of nitrogens with one attached hydrogen (secondary N) is 1. The summed E-state index contributed by atoms with van der Waals surface area (Å²) in [6.07, 6.45) is 2.57. The molecule has 1 rings (SSSR count). The molecule has 0 saturated heterocycles. The fraction of sp³-hybridized carbons (Fsp3) is 0.647. The highest BCUT2D eigenvalue weighted by Gasteiger charge is 2.09. The summed E-state index contributed by atoms with van der Waals surface area (Å²) in [7, 11) is 0. The largest absolute Gasteiger partial charge is 0.308 e. The van der Waals surface area contributed by atoms with Crippen LogP contribution in [0.2, 0.25) is 0 Å². The van der Waals surface area contributed by atoms with Gasteiger partial charge in [-0.2, -0.15) is 0 Å². The first-order chi connectivity index (χ1) is 8.94. The fourth-order valence-electron chi connectivity index (χ4n) is 1.85. The van der Waals surface area contributed by atoms with E-state index in [2.05, 4.69) is 64.2 Å². The summed E-state index contributed by atoms with van der Waals surface area (Å²) in [5.74, 6) is 2.09. The minimum atomic E-state index is 0.179. The van der Waals surface area contributed by atoms with Crippen molar-refractivity contribution in [3.8, 4) is 0 Å². The average molecular weight is 279 g/mol. The molecule has 1 N–H and O–H groups in total. The molecule has 0 radical (unpaired) electrons. The van der Waals surface area contributed by atoms with Crippen LogP contribution in [-0.4, -0.2) is 11.3 Å². The highest BCUT2D eigenvalue weighted by Crippen LogP contribution is 2.24. The molecule has 19 heavy (non-hydrogen) atoms. The smallest absolute Gasteiger partial charge is 0.0210 e. The van der Waals surface area contributed by atoms with E-state index >= 15 is 0 Å². The van der Waals surface area contributed by atoms with E-state index in [1.165, 1.54) is 29.1 Å². The molecule has 0 aromatic heterocycles. The molecular weight excluding hydrogens is 250 g/mol. The lowest BCUT2D eigenvalue weighted by atomic mass is 10.1. The van der Waals surface area contributed by atoms with Gasteiger partial charge >= 0.3 is 0 Å². The van der Waals surface area contributed by atoms with Gasteiger partial charge in [0.15, 0.2) is 0 Å².